The second-order valence-corrected chi connectivity index (χ2v) is 6.19. The molecule has 4 nitrogen and oxygen atoms in total. The molecule has 0 N–H and O–H groups in total. The fraction of sp³-hybridized carbons (Fsp3) is 0.286. The molecule has 0 saturated carbocycles. The summed E-state index contributed by atoms with van der Waals surface area (Å²) < 4.78 is 24.0. The first-order chi connectivity index (χ1) is 12.6. The van der Waals surface area contributed by atoms with Gasteiger partial charge in [-0.1, -0.05) is 12.1 Å². The second-order valence-electron chi connectivity index (χ2n) is 6.19. The minimum absolute atomic E-state index is 0.0412. The van der Waals surface area contributed by atoms with E-state index in [9.17, 15) is 9.18 Å². The standard InChI is InChI=1S/C21H22FNO3/c1-25-17-9-10-18(20(14-17)26-2)19-7-4-12-23(19)21(24)11-8-15-5-3-6-16(22)13-15/h3,5-6,8-11,13-14,19H,4,7,12H2,1-2H3/b11-8+/t19-/m1/s1. The van der Waals surface area contributed by atoms with Crippen LogP contribution in [0.4, 0.5) is 4.39 Å². The van der Waals surface area contributed by atoms with Crippen molar-refractivity contribution in [3.63, 3.8) is 0 Å². The van der Waals surface area contributed by atoms with Crippen molar-refractivity contribution in [1.82, 2.24) is 4.90 Å². The Kier molecular flexibility index (Phi) is 5.56. The van der Waals surface area contributed by atoms with Gasteiger partial charge >= 0.3 is 0 Å². The van der Waals surface area contributed by atoms with Gasteiger partial charge in [0.25, 0.3) is 0 Å². The van der Waals surface area contributed by atoms with Crippen LogP contribution in [0.2, 0.25) is 0 Å². The van der Waals surface area contributed by atoms with E-state index >= 15 is 0 Å². The SMILES string of the molecule is COc1ccc([C@H]2CCCN2C(=O)/C=C/c2cccc(F)c2)c(OC)c1. The Labute approximate surface area is 152 Å². The molecule has 1 fully saturated rings. The van der Waals surface area contributed by atoms with Crippen molar-refractivity contribution < 1.29 is 18.7 Å². The number of rotatable bonds is 5. The van der Waals surface area contributed by atoms with Crippen molar-refractivity contribution >= 4 is 12.0 Å². The van der Waals surface area contributed by atoms with Crippen molar-refractivity contribution in [2.75, 3.05) is 20.8 Å². The summed E-state index contributed by atoms with van der Waals surface area (Å²) in [6.45, 7) is 0.687. The number of methoxy groups -OCH3 is 2. The predicted octanol–water partition coefficient (Wildman–Crippen LogP) is 4.22. The van der Waals surface area contributed by atoms with Gasteiger partial charge < -0.3 is 14.4 Å². The van der Waals surface area contributed by atoms with Crippen LogP contribution in [-0.2, 0) is 4.79 Å². The summed E-state index contributed by atoms with van der Waals surface area (Å²) in [5.41, 5.74) is 1.63. The quantitative estimate of drug-likeness (QED) is 0.754. The Morgan fingerprint density at radius 1 is 1.19 bits per heavy atom. The van der Waals surface area contributed by atoms with Crippen LogP contribution in [0.15, 0.2) is 48.5 Å². The molecule has 136 valence electrons. The van der Waals surface area contributed by atoms with Crippen LogP contribution in [0.25, 0.3) is 6.08 Å². The van der Waals surface area contributed by atoms with Gasteiger partial charge in [-0.25, -0.2) is 4.39 Å². The lowest BCUT2D eigenvalue weighted by atomic mass is 10.0. The van der Waals surface area contributed by atoms with E-state index in [-0.39, 0.29) is 17.8 Å². The van der Waals surface area contributed by atoms with Crippen LogP contribution >= 0.6 is 0 Å². The first kappa shape index (κ1) is 18.0. The third-order valence-electron chi connectivity index (χ3n) is 4.60. The van der Waals surface area contributed by atoms with Gasteiger partial charge in [-0.2, -0.15) is 0 Å². The lowest BCUT2D eigenvalue weighted by molar-refractivity contribution is -0.126. The van der Waals surface area contributed by atoms with Gasteiger partial charge in [0, 0.05) is 24.3 Å². The van der Waals surface area contributed by atoms with Gasteiger partial charge in [0.05, 0.1) is 20.3 Å². The lowest BCUT2D eigenvalue weighted by Gasteiger charge is -2.25. The number of halogens is 1. The van der Waals surface area contributed by atoms with E-state index in [1.165, 1.54) is 18.2 Å². The fourth-order valence-electron chi connectivity index (χ4n) is 3.32. The van der Waals surface area contributed by atoms with Crippen molar-refractivity contribution in [3.8, 4) is 11.5 Å². The molecule has 0 radical (unpaired) electrons. The third-order valence-corrected chi connectivity index (χ3v) is 4.60. The highest BCUT2D eigenvalue weighted by Gasteiger charge is 2.30. The Balaban J connectivity index is 1.80. The lowest BCUT2D eigenvalue weighted by Crippen LogP contribution is -2.29. The van der Waals surface area contributed by atoms with Crippen LogP contribution < -0.4 is 9.47 Å². The van der Waals surface area contributed by atoms with Gasteiger partial charge in [-0.3, -0.25) is 4.79 Å². The van der Waals surface area contributed by atoms with E-state index < -0.39 is 0 Å². The van der Waals surface area contributed by atoms with Gasteiger partial charge in [-0.15, -0.1) is 0 Å². The van der Waals surface area contributed by atoms with Crippen molar-refractivity contribution in [2.45, 2.75) is 18.9 Å². The zero-order valence-electron chi connectivity index (χ0n) is 14.9. The van der Waals surface area contributed by atoms with Crippen molar-refractivity contribution in [3.05, 3.63) is 65.5 Å². The van der Waals surface area contributed by atoms with E-state index in [1.54, 1.807) is 32.4 Å². The molecule has 0 unspecified atom stereocenters. The summed E-state index contributed by atoms with van der Waals surface area (Å²) >= 11 is 0. The summed E-state index contributed by atoms with van der Waals surface area (Å²) in [5.74, 6) is 1.02. The monoisotopic (exact) mass is 355 g/mol. The molecule has 2 aromatic carbocycles. The van der Waals surface area contributed by atoms with E-state index in [1.807, 2.05) is 23.1 Å². The third kappa shape index (κ3) is 3.87. The molecule has 1 amide bonds. The molecule has 1 atom stereocenters. The number of ether oxygens (including phenoxy) is 2. The van der Waals surface area contributed by atoms with E-state index in [0.717, 1.165) is 18.4 Å². The summed E-state index contributed by atoms with van der Waals surface area (Å²) in [4.78, 5) is 14.5. The second kappa shape index (κ2) is 8.04. The Bertz CT molecular complexity index is 819. The minimum atomic E-state index is -0.318. The number of carbonyl (C=O) groups excluding carboxylic acids is 1. The zero-order valence-corrected chi connectivity index (χ0v) is 14.9. The maximum absolute atomic E-state index is 13.3. The van der Waals surface area contributed by atoms with Crippen LogP contribution in [-0.4, -0.2) is 31.6 Å². The summed E-state index contributed by atoms with van der Waals surface area (Å²) in [6.07, 6.45) is 4.96. The van der Waals surface area contributed by atoms with Gasteiger partial charge in [0.2, 0.25) is 5.91 Å². The Morgan fingerprint density at radius 2 is 2.04 bits per heavy atom. The van der Waals surface area contributed by atoms with E-state index in [4.69, 9.17) is 9.47 Å². The average molecular weight is 355 g/mol. The Hall–Kier alpha value is -2.82. The Morgan fingerprint density at radius 3 is 2.77 bits per heavy atom. The topological polar surface area (TPSA) is 38.8 Å². The first-order valence-electron chi connectivity index (χ1n) is 8.58. The molecular formula is C21H22FNO3. The maximum Gasteiger partial charge on any atom is 0.247 e. The normalized spacial score (nSPS) is 16.9. The molecular weight excluding hydrogens is 333 g/mol. The van der Waals surface area contributed by atoms with Crippen LogP contribution in [0.5, 0.6) is 11.5 Å². The van der Waals surface area contributed by atoms with E-state index in [0.29, 0.717) is 23.6 Å². The molecule has 26 heavy (non-hydrogen) atoms. The van der Waals surface area contributed by atoms with Crippen LogP contribution in [0.3, 0.4) is 0 Å². The van der Waals surface area contributed by atoms with Crippen molar-refractivity contribution in [2.24, 2.45) is 0 Å². The number of benzene rings is 2. The number of carbonyl (C=O) groups is 1. The van der Waals surface area contributed by atoms with Gasteiger partial charge in [-0.05, 0) is 48.7 Å². The molecule has 0 spiro atoms. The molecule has 5 heteroatoms. The molecule has 1 aliphatic heterocycles. The van der Waals surface area contributed by atoms with Crippen molar-refractivity contribution in [1.29, 1.82) is 0 Å². The fourth-order valence-corrected chi connectivity index (χ4v) is 3.32. The molecule has 1 heterocycles. The summed E-state index contributed by atoms with van der Waals surface area (Å²) in [5, 5.41) is 0. The largest absolute Gasteiger partial charge is 0.497 e. The van der Waals surface area contributed by atoms with Crippen LogP contribution in [0, 0.1) is 5.82 Å². The average Bonchev–Trinajstić information content (AvgIpc) is 3.15. The minimum Gasteiger partial charge on any atom is -0.497 e. The van der Waals surface area contributed by atoms with Gasteiger partial charge in [0.15, 0.2) is 0 Å². The number of hydrogen-bond acceptors (Lipinski definition) is 3. The highest BCUT2D eigenvalue weighted by molar-refractivity contribution is 5.92. The molecule has 0 aliphatic carbocycles. The highest BCUT2D eigenvalue weighted by atomic mass is 19.1. The molecule has 0 aromatic heterocycles. The molecule has 3 rings (SSSR count). The molecule has 1 saturated heterocycles. The van der Waals surface area contributed by atoms with E-state index in [2.05, 4.69) is 0 Å². The summed E-state index contributed by atoms with van der Waals surface area (Å²) in [6, 6.07) is 11.8. The number of hydrogen-bond donors (Lipinski definition) is 0. The molecule has 2 aromatic rings. The molecule has 1 aliphatic rings. The smallest absolute Gasteiger partial charge is 0.247 e. The van der Waals surface area contributed by atoms with Crippen LogP contribution in [0.1, 0.15) is 30.0 Å². The number of amides is 1. The predicted molar refractivity (Wildman–Crippen MR) is 98.7 cm³/mol. The van der Waals surface area contributed by atoms with Gasteiger partial charge in [0.1, 0.15) is 17.3 Å². The number of likely N-dealkylation sites (tertiary alicyclic amines) is 1. The maximum atomic E-state index is 13.3. The first-order valence-corrected chi connectivity index (χ1v) is 8.58. The number of nitrogens with zero attached hydrogens (tertiary/aromatic N) is 1. The molecule has 0 bridgehead atoms. The zero-order chi connectivity index (χ0) is 18.5. The summed E-state index contributed by atoms with van der Waals surface area (Å²) in [7, 11) is 3.22. The highest BCUT2D eigenvalue weighted by Crippen LogP contribution is 2.38.